The largest absolute Gasteiger partial charge is 0.293 e. The molecule has 0 radical (unpaired) electrons. The van der Waals surface area contributed by atoms with Gasteiger partial charge in [0.15, 0.2) is 0 Å². The second-order valence-corrected chi connectivity index (χ2v) is 2.71. The zero-order valence-corrected chi connectivity index (χ0v) is 7.31. The fourth-order valence-electron chi connectivity index (χ4n) is 0.974. The van der Waals surface area contributed by atoms with Gasteiger partial charge in [-0.15, -0.1) is 0 Å². The molecule has 2 heteroatoms. The van der Waals surface area contributed by atoms with Crippen LogP contribution in [0.25, 0.3) is 0 Å². The van der Waals surface area contributed by atoms with Gasteiger partial charge in [0.1, 0.15) is 0 Å². The van der Waals surface area contributed by atoms with Crippen LogP contribution in [-0.2, 0) is 0 Å². The number of hydrogen-bond donors (Lipinski definition) is 2. The predicted molar refractivity (Wildman–Crippen MR) is 51.5 cm³/mol. The van der Waals surface area contributed by atoms with E-state index in [0.717, 1.165) is 5.69 Å². The number of anilines is 1. The third-order valence-electron chi connectivity index (χ3n) is 1.66. The minimum atomic E-state index is 1.02. The van der Waals surface area contributed by atoms with Crippen LogP contribution in [0.15, 0.2) is 18.2 Å². The number of aryl methyl sites for hydroxylation is 2. The summed E-state index contributed by atoms with van der Waals surface area (Å²) in [5.41, 5.74) is 8.93. The molecule has 0 spiro atoms. The van der Waals surface area contributed by atoms with E-state index in [1.54, 1.807) is 0 Å². The molecular formula is C10H12N2. The number of terminal acetylenes is 1. The molecule has 0 fully saturated rings. The molecule has 0 bridgehead atoms. The van der Waals surface area contributed by atoms with Crippen LogP contribution in [0.5, 0.6) is 0 Å². The van der Waals surface area contributed by atoms with E-state index in [1.165, 1.54) is 11.1 Å². The molecule has 1 rings (SSSR count). The first-order valence-electron chi connectivity index (χ1n) is 3.78. The number of hydrogen-bond acceptors (Lipinski definition) is 2. The summed E-state index contributed by atoms with van der Waals surface area (Å²) >= 11 is 0. The number of nitrogens with one attached hydrogen (secondary N) is 2. The van der Waals surface area contributed by atoms with E-state index >= 15 is 0 Å². The van der Waals surface area contributed by atoms with Gasteiger partial charge in [-0.3, -0.25) is 10.9 Å². The van der Waals surface area contributed by atoms with Gasteiger partial charge < -0.3 is 0 Å². The smallest absolute Gasteiger partial charge is 0.0578 e. The van der Waals surface area contributed by atoms with Crippen molar-refractivity contribution >= 4 is 5.69 Å². The Kier molecular flexibility index (Phi) is 2.60. The third-order valence-corrected chi connectivity index (χ3v) is 1.66. The number of rotatable bonds is 2. The van der Waals surface area contributed by atoms with Crippen LogP contribution in [0.2, 0.25) is 0 Å². The normalized spacial score (nSPS) is 8.75. The Bertz CT molecular complexity index is 310. The van der Waals surface area contributed by atoms with E-state index in [-0.39, 0.29) is 0 Å². The molecule has 0 aliphatic carbocycles. The van der Waals surface area contributed by atoms with E-state index in [9.17, 15) is 0 Å². The second kappa shape index (κ2) is 3.68. The van der Waals surface area contributed by atoms with Crippen LogP contribution in [-0.4, -0.2) is 0 Å². The highest BCUT2D eigenvalue weighted by molar-refractivity contribution is 5.51. The first kappa shape index (κ1) is 8.48. The van der Waals surface area contributed by atoms with E-state index in [0.29, 0.717) is 0 Å². The van der Waals surface area contributed by atoms with Crippen molar-refractivity contribution in [3.05, 3.63) is 29.3 Å². The lowest BCUT2D eigenvalue weighted by molar-refractivity contribution is 1.09. The first-order valence-corrected chi connectivity index (χ1v) is 3.78. The van der Waals surface area contributed by atoms with Crippen molar-refractivity contribution in [2.24, 2.45) is 0 Å². The van der Waals surface area contributed by atoms with Gasteiger partial charge in [-0.2, -0.15) is 0 Å². The Morgan fingerprint density at radius 3 is 2.75 bits per heavy atom. The van der Waals surface area contributed by atoms with Crippen LogP contribution in [0.4, 0.5) is 5.69 Å². The van der Waals surface area contributed by atoms with Crippen LogP contribution >= 0.6 is 0 Å². The monoisotopic (exact) mass is 160 g/mol. The highest BCUT2D eigenvalue weighted by Gasteiger charge is 1.95. The van der Waals surface area contributed by atoms with Crippen molar-refractivity contribution < 1.29 is 0 Å². The minimum absolute atomic E-state index is 1.02. The molecule has 1 aromatic rings. The zero-order valence-electron chi connectivity index (χ0n) is 7.31. The molecule has 1 aromatic carbocycles. The SMILES string of the molecule is C#CNNc1cc(C)ccc1C. The Morgan fingerprint density at radius 1 is 1.33 bits per heavy atom. The summed E-state index contributed by atoms with van der Waals surface area (Å²) in [7, 11) is 0. The fourth-order valence-corrected chi connectivity index (χ4v) is 0.974. The summed E-state index contributed by atoms with van der Waals surface area (Å²) in [5.74, 6) is 0. The summed E-state index contributed by atoms with van der Waals surface area (Å²) in [5, 5.41) is 0. The van der Waals surface area contributed by atoms with Crippen molar-refractivity contribution in [3.63, 3.8) is 0 Å². The topological polar surface area (TPSA) is 24.1 Å². The van der Waals surface area contributed by atoms with Gasteiger partial charge in [0, 0.05) is 6.04 Å². The summed E-state index contributed by atoms with van der Waals surface area (Å²) in [4.78, 5) is 0. The Labute approximate surface area is 73.0 Å². The molecule has 0 heterocycles. The predicted octanol–water partition coefficient (Wildman–Crippen LogP) is 1.81. The fraction of sp³-hybridized carbons (Fsp3) is 0.200. The lowest BCUT2D eigenvalue weighted by atomic mass is 10.1. The molecule has 0 aliphatic rings. The summed E-state index contributed by atoms with van der Waals surface area (Å²) in [6.45, 7) is 4.07. The Hall–Kier alpha value is -1.62. The average molecular weight is 160 g/mol. The molecule has 0 aliphatic heterocycles. The van der Waals surface area contributed by atoms with Crippen LogP contribution < -0.4 is 10.9 Å². The van der Waals surface area contributed by atoms with Crippen LogP contribution in [0.1, 0.15) is 11.1 Å². The van der Waals surface area contributed by atoms with Gasteiger partial charge in [-0.25, -0.2) is 0 Å². The molecule has 0 amide bonds. The minimum Gasteiger partial charge on any atom is -0.293 e. The van der Waals surface area contributed by atoms with Crippen molar-refractivity contribution in [1.82, 2.24) is 5.43 Å². The molecule has 2 nitrogen and oxygen atoms in total. The van der Waals surface area contributed by atoms with Crippen molar-refractivity contribution in [2.75, 3.05) is 5.43 Å². The van der Waals surface area contributed by atoms with Crippen molar-refractivity contribution in [1.29, 1.82) is 0 Å². The third kappa shape index (κ3) is 1.93. The van der Waals surface area contributed by atoms with E-state index in [2.05, 4.69) is 29.0 Å². The first-order chi connectivity index (χ1) is 5.74. The standard InChI is InChI=1S/C10H12N2/c1-4-11-12-10-7-8(2)5-6-9(10)3/h1,5-7,11-12H,2-3H3. The molecule has 0 atom stereocenters. The Morgan fingerprint density at radius 2 is 2.08 bits per heavy atom. The summed E-state index contributed by atoms with van der Waals surface area (Å²) < 4.78 is 0. The molecule has 0 saturated heterocycles. The molecule has 12 heavy (non-hydrogen) atoms. The average Bonchev–Trinajstić information content (AvgIpc) is 2.07. The maximum absolute atomic E-state index is 5.04. The van der Waals surface area contributed by atoms with Crippen molar-refractivity contribution in [3.8, 4) is 12.5 Å². The summed E-state index contributed by atoms with van der Waals surface area (Å²) in [6, 6.07) is 8.46. The van der Waals surface area contributed by atoms with Gasteiger partial charge in [0.25, 0.3) is 0 Å². The molecule has 2 N–H and O–H groups in total. The lowest BCUT2D eigenvalue weighted by Gasteiger charge is -2.07. The number of benzene rings is 1. The lowest BCUT2D eigenvalue weighted by Crippen LogP contribution is -2.15. The highest BCUT2D eigenvalue weighted by Crippen LogP contribution is 2.14. The zero-order chi connectivity index (χ0) is 8.97. The molecule has 62 valence electrons. The molecule has 0 unspecified atom stereocenters. The van der Waals surface area contributed by atoms with Gasteiger partial charge in [-0.05, 0) is 31.0 Å². The van der Waals surface area contributed by atoms with Gasteiger partial charge in [0.2, 0.25) is 0 Å². The summed E-state index contributed by atoms with van der Waals surface area (Å²) in [6.07, 6.45) is 5.04. The molecule has 0 saturated carbocycles. The second-order valence-electron chi connectivity index (χ2n) is 2.71. The van der Waals surface area contributed by atoms with E-state index < -0.39 is 0 Å². The van der Waals surface area contributed by atoms with E-state index in [1.807, 2.05) is 19.9 Å². The van der Waals surface area contributed by atoms with E-state index in [4.69, 9.17) is 6.42 Å². The van der Waals surface area contributed by atoms with Gasteiger partial charge in [0.05, 0.1) is 5.69 Å². The highest BCUT2D eigenvalue weighted by atomic mass is 15.3. The number of hydrazine groups is 1. The maximum Gasteiger partial charge on any atom is 0.0578 e. The molecule has 0 aromatic heterocycles. The quantitative estimate of drug-likeness (QED) is 0.391. The van der Waals surface area contributed by atoms with Crippen LogP contribution in [0, 0.1) is 26.3 Å². The maximum atomic E-state index is 5.04. The van der Waals surface area contributed by atoms with Gasteiger partial charge in [-0.1, -0.05) is 18.6 Å². The Balaban J connectivity index is 2.84. The van der Waals surface area contributed by atoms with Crippen molar-refractivity contribution in [2.45, 2.75) is 13.8 Å². The van der Waals surface area contributed by atoms with Crippen LogP contribution in [0.3, 0.4) is 0 Å². The molecular weight excluding hydrogens is 148 g/mol. The van der Waals surface area contributed by atoms with Gasteiger partial charge >= 0.3 is 0 Å².